The van der Waals surface area contributed by atoms with Crippen molar-refractivity contribution >= 4 is 16.7 Å². The average molecular weight is 517 g/mol. The molecule has 0 spiro atoms. The molecule has 1 aromatic heterocycles. The van der Waals surface area contributed by atoms with Crippen LogP contribution in [0.2, 0.25) is 0 Å². The van der Waals surface area contributed by atoms with E-state index in [1.54, 1.807) is 0 Å². The van der Waals surface area contributed by atoms with Crippen LogP contribution in [0.25, 0.3) is 22.2 Å². The van der Waals surface area contributed by atoms with Gasteiger partial charge in [-0.2, -0.15) is 0 Å². The molecule has 2 aliphatic heterocycles. The quantitative estimate of drug-likeness (QED) is 0.383. The summed E-state index contributed by atoms with van der Waals surface area (Å²) in [6.07, 6.45) is 4.18. The van der Waals surface area contributed by atoms with Gasteiger partial charge in [-0.25, -0.2) is 4.98 Å². The van der Waals surface area contributed by atoms with E-state index >= 15 is 0 Å². The summed E-state index contributed by atoms with van der Waals surface area (Å²) in [6, 6.07) is 12.7. The maximum atomic E-state index is 12.8. The maximum Gasteiger partial charge on any atom is 0.227 e. The Bertz CT molecular complexity index is 1230. The van der Waals surface area contributed by atoms with Crippen LogP contribution >= 0.6 is 0 Å². The topological polar surface area (TPSA) is 61.6 Å². The van der Waals surface area contributed by atoms with E-state index in [4.69, 9.17) is 9.40 Å². The van der Waals surface area contributed by atoms with Crippen LogP contribution in [0.4, 0.5) is 0 Å². The van der Waals surface area contributed by atoms with Gasteiger partial charge in [0.2, 0.25) is 11.8 Å². The molecule has 2 saturated heterocycles. The molecule has 3 aromatic rings. The predicted octanol–water partition coefficient (Wildman–Crippen LogP) is 5.81. The molecule has 3 heterocycles. The number of hydrogen-bond acceptors (Lipinski definition) is 5. The predicted molar refractivity (Wildman–Crippen MR) is 154 cm³/mol. The molecule has 2 atom stereocenters. The number of aryl methyl sites for hydroxylation is 2. The number of rotatable bonds is 8. The third-order valence-corrected chi connectivity index (χ3v) is 8.47. The fourth-order valence-corrected chi connectivity index (χ4v) is 6.54. The van der Waals surface area contributed by atoms with Crippen molar-refractivity contribution in [1.82, 2.24) is 20.1 Å². The molecule has 6 heteroatoms. The number of carbonyl (C=O) groups is 1. The number of amides is 1. The highest BCUT2D eigenvalue weighted by atomic mass is 16.4. The van der Waals surface area contributed by atoms with Crippen LogP contribution in [0.15, 0.2) is 40.8 Å². The molecular formula is C32H44N4O2. The number of benzene rings is 2. The molecule has 2 fully saturated rings. The van der Waals surface area contributed by atoms with Crippen molar-refractivity contribution in [2.45, 2.75) is 59.9 Å². The molecule has 38 heavy (non-hydrogen) atoms. The second-order valence-electron chi connectivity index (χ2n) is 11.9. The van der Waals surface area contributed by atoms with Gasteiger partial charge < -0.3 is 14.6 Å². The Morgan fingerprint density at radius 1 is 1.03 bits per heavy atom. The van der Waals surface area contributed by atoms with E-state index in [0.717, 1.165) is 80.8 Å². The molecule has 2 aliphatic rings. The van der Waals surface area contributed by atoms with Crippen molar-refractivity contribution in [3.05, 3.63) is 53.4 Å². The summed E-state index contributed by atoms with van der Waals surface area (Å²) < 4.78 is 6.20. The van der Waals surface area contributed by atoms with Gasteiger partial charge in [-0.15, -0.1) is 0 Å². The monoisotopic (exact) mass is 516 g/mol. The Hall–Kier alpha value is -2.70. The van der Waals surface area contributed by atoms with Crippen molar-refractivity contribution in [2.24, 2.45) is 17.8 Å². The summed E-state index contributed by atoms with van der Waals surface area (Å²) >= 11 is 0. The molecule has 0 radical (unpaired) electrons. The molecule has 204 valence electrons. The lowest BCUT2D eigenvalue weighted by Crippen LogP contribution is -2.42. The number of likely N-dealkylation sites (tertiary alicyclic amines) is 2. The first-order valence-electron chi connectivity index (χ1n) is 14.5. The van der Waals surface area contributed by atoms with Gasteiger partial charge in [0.15, 0.2) is 0 Å². The van der Waals surface area contributed by atoms with Gasteiger partial charge in [0, 0.05) is 37.7 Å². The van der Waals surface area contributed by atoms with Gasteiger partial charge in [-0.3, -0.25) is 9.69 Å². The molecule has 0 bridgehead atoms. The van der Waals surface area contributed by atoms with Gasteiger partial charge in [-0.1, -0.05) is 50.2 Å². The second-order valence-corrected chi connectivity index (χ2v) is 11.9. The number of oxazole rings is 1. The van der Waals surface area contributed by atoms with Crippen LogP contribution < -0.4 is 5.32 Å². The van der Waals surface area contributed by atoms with Crippen LogP contribution in [0.1, 0.15) is 56.5 Å². The summed E-state index contributed by atoms with van der Waals surface area (Å²) in [5.41, 5.74) is 3.25. The molecule has 5 rings (SSSR count). The second kappa shape index (κ2) is 12.0. The zero-order valence-corrected chi connectivity index (χ0v) is 23.6. The number of nitrogens with one attached hydrogen (secondary N) is 1. The van der Waals surface area contributed by atoms with Crippen molar-refractivity contribution in [2.75, 3.05) is 39.3 Å². The first-order chi connectivity index (χ1) is 18.4. The molecule has 0 unspecified atom stereocenters. The summed E-state index contributed by atoms with van der Waals surface area (Å²) in [7, 11) is 0. The standard InChI is InChI=1S/C32H44N4O2/c1-22-18-23(2)20-36(19-22)15-7-14-33-31(37)27-12-16-35(17-13-27)21-29-25(4)38-32(34-29)30-24(3)10-11-26-8-5-6-9-28(26)30/h5-6,8-11,22-23,27H,7,12-21H2,1-4H3,(H,33,37)/t22-,23+. The lowest BCUT2D eigenvalue weighted by Gasteiger charge is -2.35. The normalized spacial score (nSPS) is 21.7. The van der Waals surface area contributed by atoms with Gasteiger partial charge in [0.05, 0.1) is 5.69 Å². The van der Waals surface area contributed by atoms with Gasteiger partial charge in [-0.05, 0) is 87.3 Å². The van der Waals surface area contributed by atoms with Crippen molar-refractivity contribution < 1.29 is 9.21 Å². The number of aromatic nitrogens is 1. The summed E-state index contributed by atoms with van der Waals surface area (Å²) in [5, 5.41) is 5.59. The van der Waals surface area contributed by atoms with E-state index < -0.39 is 0 Å². The molecule has 1 amide bonds. The Balaban J connectivity index is 1.10. The Morgan fingerprint density at radius 3 is 2.53 bits per heavy atom. The first kappa shape index (κ1) is 26.9. The van der Waals surface area contributed by atoms with Crippen molar-refractivity contribution in [3.63, 3.8) is 0 Å². The van der Waals surface area contributed by atoms with Crippen LogP contribution in [0.3, 0.4) is 0 Å². The van der Waals surface area contributed by atoms with Crippen molar-refractivity contribution in [3.8, 4) is 11.5 Å². The largest absolute Gasteiger partial charge is 0.441 e. The summed E-state index contributed by atoms with van der Waals surface area (Å²) in [4.78, 5) is 22.7. The average Bonchev–Trinajstić information content (AvgIpc) is 3.25. The van der Waals surface area contributed by atoms with Crippen LogP contribution in [-0.4, -0.2) is 60.0 Å². The minimum atomic E-state index is 0.119. The zero-order valence-electron chi connectivity index (χ0n) is 23.6. The van der Waals surface area contributed by atoms with Crippen LogP contribution in [0, 0.1) is 31.6 Å². The number of nitrogens with zero attached hydrogens (tertiary/aromatic N) is 3. The Kier molecular flexibility index (Phi) is 8.49. The molecule has 6 nitrogen and oxygen atoms in total. The molecule has 2 aromatic carbocycles. The molecule has 0 saturated carbocycles. The highest BCUT2D eigenvalue weighted by Crippen LogP contribution is 2.33. The van der Waals surface area contributed by atoms with Gasteiger partial charge in [0.25, 0.3) is 0 Å². The summed E-state index contributed by atoms with van der Waals surface area (Å²) in [5.74, 6) is 3.51. The number of piperidine rings is 2. The Morgan fingerprint density at radius 2 is 1.76 bits per heavy atom. The molecular weight excluding hydrogens is 472 g/mol. The number of carbonyl (C=O) groups excluding carboxylic acids is 1. The lowest BCUT2D eigenvalue weighted by atomic mass is 9.92. The van der Waals surface area contributed by atoms with E-state index in [1.807, 2.05) is 6.92 Å². The smallest absolute Gasteiger partial charge is 0.227 e. The van der Waals surface area contributed by atoms with E-state index in [1.165, 1.54) is 35.8 Å². The number of hydrogen-bond donors (Lipinski definition) is 1. The molecule has 1 N–H and O–H groups in total. The fourth-order valence-electron chi connectivity index (χ4n) is 6.54. The third kappa shape index (κ3) is 6.29. The SMILES string of the molecule is Cc1ccc2ccccc2c1-c1nc(CN2CCC(C(=O)NCCCN3C[C@H](C)C[C@H](C)C3)CC2)c(C)o1. The zero-order chi connectivity index (χ0) is 26.6. The van der Waals surface area contributed by atoms with Crippen LogP contribution in [-0.2, 0) is 11.3 Å². The van der Waals surface area contributed by atoms with Gasteiger partial charge in [0.1, 0.15) is 5.76 Å². The van der Waals surface area contributed by atoms with E-state index in [-0.39, 0.29) is 11.8 Å². The minimum absolute atomic E-state index is 0.119. The Labute approximate surface area is 227 Å². The first-order valence-corrected chi connectivity index (χ1v) is 14.5. The molecule has 0 aliphatic carbocycles. The van der Waals surface area contributed by atoms with E-state index in [9.17, 15) is 4.79 Å². The third-order valence-electron chi connectivity index (χ3n) is 8.47. The maximum absolute atomic E-state index is 12.8. The van der Waals surface area contributed by atoms with Crippen molar-refractivity contribution in [1.29, 1.82) is 0 Å². The minimum Gasteiger partial charge on any atom is -0.441 e. The summed E-state index contributed by atoms with van der Waals surface area (Å²) in [6.45, 7) is 15.7. The van der Waals surface area contributed by atoms with Crippen LogP contribution in [0.5, 0.6) is 0 Å². The lowest BCUT2D eigenvalue weighted by molar-refractivity contribution is -0.126. The van der Waals surface area contributed by atoms with Gasteiger partial charge >= 0.3 is 0 Å². The van der Waals surface area contributed by atoms with E-state index in [0.29, 0.717) is 5.89 Å². The highest BCUT2D eigenvalue weighted by Gasteiger charge is 2.27. The highest BCUT2D eigenvalue weighted by molar-refractivity contribution is 5.96. The number of fused-ring (bicyclic) bond motifs is 1. The fraction of sp³-hybridized carbons (Fsp3) is 0.562. The van der Waals surface area contributed by atoms with E-state index in [2.05, 4.69) is 72.3 Å².